The van der Waals surface area contributed by atoms with Crippen LogP contribution in [0.25, 0.3) is 0 Å². The average Bonchev–Trinajstić information content (AvgIpc) is 2.87. The SMILES string of the molecule is CCC(COC)NC(N)=NC1CC1. The van der Waals surface area contributed by atoms with Gasteiger partial charge in [-0.2, -0.15) is 0 Å². The predicted molar refractivity (Wildman–Crippen MR) is 53.7 cm³/mol. The van der Waals surface area contributed by atoms with E-state index in [4.69, 9.17) is 10.5 Å². The number of methoxy groups -OCH3 is 1. The molecule has 0 aliphatic heterocycles. The van der Waals surface area contributed by atoms with E-state index in [1.165, 1.54) is 12.8 Å². The molecule has 0 amide bonds. The monoisotopic (exact) mass is 185 g/mol. The predicted octanol–water partition coefficient (Wildman–Crippen LogP) is 0.478. The molecule has 1 aliphatic rings. The molecule has 1 atom stereocenters. The highest BCUT2D eigenvalue weighted by molar-refractivity contribution is 5.78. The second-order valence-electron chi connectivity index (χ2n) is 3.45. The second-order valence-corrected chi connectivity index (χ2v) is 3.45. The Balaban J connectivity index is 2.26. The van der Waals surface area contributed by atoms with Crippen LogP contribution >= 0.6 is 0 Å². The van der Waals surface area contributed by atoms with Crippen LogP contribution < -0.4 is 11.1 Å². The van der Waals surface area contributed by atoms with E-state index in [0.29, 0.717) is 18.6 Å². The molecule has 0 heterocycles. The number of ether oxygens (including phenoxy) is 1. The first-order chi connectivity index (χ1) is 6.26. The van der Waals surface area contributed by atoms with E-state index >= 15 is 0 Å². The van der Waals surface area contributed by atoms with Gasteiger partial charge in [-0.25, -0.2) is 0 Å². The Labute approximate surface area is 79.6 Å². The topological polar surface area (TPSA) is 59.6 Å². The molecule has 0 radical (unpaired) electrons. The van der Waals surface area contributed by atoms with Crippen molar-refractivity contribution in [3.8, 4) is 0 Å². The molecule has 1 saturated carbocycles. The Morgan fingerprint density at radius 3 is 2.85 bits per heavy atom. The van der Waals surface area contributed by atoms with E-state index < -0.39 is 0 Å². The van der Waals surface area contributed by atoms with Crippen molar-refractivity contribution in [3.63, 3.8) is 0 Å². The van der Waals surface area contributed by atoms with Crippen molar-refractivity contribution in [2.24, 2.45) is 10.7 Å². The van der Waals surface area contributed by atoms with Gasteiger partial charge in [0.15, 0.2) is 5.96 Å². The highest BCUT2D eigenvalue weighted by Gasteiger charge is 2.20. The lowest BCUT2D eigenvalue weighted by molar-refractivity contribution is 0.172. The molecule has 4 heteroatoms. The summed E-state index contributed by atoms with van der Waals surface area (Å²) < 4.78 is 5.04. The van der Waals surface area contributed by atoms with E-state index in [1.54, 1.807) is 7.11 Å². The molecule has 1 rings (SSSR count). The third kappa shape index (κ3) is 4.12. The minimum absolute atomic E-state index is 0.285. The van der Waals surface area contributed by atoms with E-state index in [0.717, 1.165) is 6.42 Å². The molecule has 0 aromatic heterocycles. The number of hydrogen-bond acceptors (Lipinski definition) is 2. The molecule has 0 aromatic rings. The van der Waals surface area contributed by atoms with Gasteiger partial charge in [-0.3, -0.25) is 4.99 Å². The first-order valence-electron chi connectivity index (χ1n) is 4.85. The van der Waals surface area contributed by atoms with Crippen LogP contribution in [0.1, 0.15) is 26.2 Å². The summed E-state index contributed by atoms with van der Waals surface area (Å²) in [5.41, 5.74) is 5.70. The molecule has 76 valence electrons. The van der Waals surface area contributed by atoms with Gasteiger partial charge in [0.1, 0.15) is 0 Å². The van der Waals surface area contributed by atoms with Crippen LogP contribution in [0.15, 0.2) is 4.99 Å². The fraction of sp³-hybridized carbons (Fsp3) is 0.889. The zero-order chi connectivity index (χ0) is 9.68. The minimum atomic E-state index is 0.285. The summed E-state index contributed by atoms with van der Waals surface area (Å²) in [6.45, 7) is 2.78. The van der Waals surface area contributed by atoms with Gasteiger partial charge in [0.25, 0.3) is 0 Å². The first-order valence-corrected chi connectivity index (χ1v) is 4.85. The summed E-state index contributed by atoms with van der Waals surface area (Å²) in [5.74, 6) is 0.561. The van der Waals surface area contributed by atoms with Gasteiger partial charge < -0.3 is 15.8 Å². The van der Waals surface area contributed by atoms with E-state index in [-0.39, 0.29) is 6.04 Å². The zero-order valence-electron chi connectivity index (χ0n) is 8.42. The fourth-order valence-electron chi connectivity index (χ4n) is 1.11. The van der Waals surface area contributed by atoms with Gasteiger partial charge >= 0.3 is 0 Å². The molecular formula is C9H19N3O. The van der Waals surface area contributed by atoms with Crippen molar-refractivity contribution in [1.29, 1.82) is 0 Å². The van der Waals surface area contributed by atoms with Crippen molar-refractivity contribution in [2.45, 2.75) is 38.3 Å². The lowest BCUT2D eigenvalue weighted by Gasteiger charge is -2.16. The fourth-order valence-corrected chi connectivity index (χ4v) is 1.11. The van der Waals surface area contributed by atoms with Crippen LogP contribution in [-0.2, 0) is 4.74 Å². The van der Waals surface area contributed by atoms with Gasteiger partial charge in [-0.05, 0) is 19.3 Å². The van der Waals surface area contributed by atoms with Crippen molar-refractivity contribution >= 4 is 5.96 Å². The standard InChI is InChI=1S/C9H19N3O/c1-3-7(6-13-2)11-9(10)12-8-4-5-8/h7-8H,3-6H2,1-2H3,(H3,10,11,12). The normalized spacial score (nSPS) is 20.0. The maximum Gasteiger partial charge on any atom is 0.189 e. The van der Waals surface area contributed by atoms with E-state index in [1.807, 2.05) is 0 Å². The molecule has 0 bridgehead atoms. The van der Waals surface area contributed by atoms with Crippen LogP contribution in [0.4, 0.5) is 0 Å². The molecule has 0 saturated heterocycles. The minimum Gasteiger partial charge on any atom is -0.383 e. The molecule has 13 heavy (non-hydrogen) atoms. The van der Waals surface area contributed by atoms with Crippen LogP contribution in [0.2, 0.25) is 0 Å². The van der Waals surface area contributed by atoms with Gasteiger partial charge in [-0.1, -0.05) is 6.92 Å². The highest BCUT2D eigenvalue weighted by atomic mass is 16.5. The maximum atomic E-state index is 5.70. The van der Waals surface area contributed by atoms with Crippen LogP contribution in [-0.4, -0.2) is 31.8 Å². The van der Waals surface area contributed by atoms with Crippen molar-refractivity contribution in [2.75, 3.05) is 13.7 Å². The van der Waals surface area contributed by atoms with Crippen LogP contribution in [0.3, 0.4) is 0 Å². The number of aliphatic imine (C=N–C) groups is 1. The number of hydrogen-bond donors (Lipinski definition) is 2. The van der Waals surface area contributed by atoms with Crippen molar-refractivity contribution < 1.29 is 4.74 Å². The summed E-state index contributed by atoms with van der Waals surface area (Å²) in [5, 5.41) is 3.14. The second kappa shape index (κ2) is 5.07. The molecule has 4 nitrogen and oxygen atoms in total. The molecule has 0 aromatic carbocycles. The van der Waals surface area contributed by atoms with Crippen LogP contribution in [0, 0.1) is 0 Å². The Hall–Kier alpha value is -0.770. The van der Waals surface area contributed by atoms with Gasteiger partial charge in [-0.15, -0.1) is 0 Å². The Bertz CT molecular complexity index is 178. The number of guanidine groups is 1. The third-order valence-electron chi connectivity index (χ3n) is 2.08. The smallest absolute Gasteiger partial charge is 0.189 e. The lowest BCUT2D eigenvalue weighted by atomic mass is 10.2. The molecular weight excluding hydrogens is 166 g/mol. The number of nitrogens with zero attached hydrogens (tertiary/aromatic N) is 1. The Morgan fingerprint density at radius 1 is 1.69 bits per heavy atom. The lowest BCUT2D eigenvalue weighted by Crippen LogP contribution is -2.42. The first kappa shape index (κ1) is 10.3. The Kier molecular flexibility index (Phi) is 4.02. The molecule has 1 fully saturated rings. The number of nitrogens with one attached hydrogen (secondary N) is 1. The van der Waals surface area contributed by atoms with Crippen molar-refractivity contribution in [1.82, 2.24) is 5.32 Å². The average molecular weight is 185 g/mol. The molecule has 0 spiro atoms. The molecule has 1 aliphatic carbocycles. The summed E-state index contributed by atoms with van der Waals surface area (Å²) >= 11 is 0. The van der Waals surface area contributed by atoms with Gasteiger partial charge in [0, 0.05) is 7.11 Å². The van der Waals surface area contributed by atoms with Gasteiger partial charge in [0.05, 0.1) is 18.7 Å². The molecule has 3 N–H and O–H groups in total. The van der Waals surface area contributed by atoms with E-state index in [9.17, 15) is 0 Å². The zero-order valence-corrected chi connectivity index (χ0v) is 8.42. The quantitative estimate of drug-likeness (QED) is 0.484. The van der Waals surface area contributed by atoms with Crippen molar-refractivity contribution in [3.05, 3.63) is 0 Å². The van der Waals surface area contributed by atoms with Crippen LogP contribution in [0.5, 0.6) is 0 Å². The van der Waals surface area contributed by atoms with E-state index in [2.05, 4.69) is 17.2 Å². The summed E-state index contributed by atoms with van der Waals surface area (Å²) in [6.07, 6.45) is 3.36. The summed E-state index contributed by atoms with van der Waals surface area (Å²) in [4.78, 5) is 4.29. The highest BCUT2D eigenvalue weighted by Crippen LogP contribution is 2.22. The Morgan fingerprint density at radius 2 is 2.38 bits per heavy atom. The summed E-state index contributed by atoms with van der Waals surface area (Å²) in [6, 6.07) is 0.764. The third-order valence-corrected chi connectivity index (χ3v) is 2.08. The maximum absolute atomic E-state index is 5.70. The largest absolute Gasteiger partial charge is 0.383 e. The summed E-state index contributed by atoms with van der Waals surface area (Å²) in [7, 11) is 1.69. The number of nitrogens with two attached hydrogens (primary N) is 1. The molecule has 1 unspecified atom stereocenters. The van der Waals surface area contributed by atoms with Gasteiger partial charge in [0.2, 0.25) is 0 Å². The number of rotatable bonds is 5.